The highest BCUT2D eigenvalue weighted by Crippen LogP contribution is 2.57. The van der Waals surface area contributed by atoms with Crippen molar-refractivity contribution in [2.75, 3.05) is 33.0 Å². The molecule has 0 aliphatic carbocycles. The zero-order valence-electron chi connectivity index (χ0n) is 48.3. The van der Waals surface area contributed by atoms with Gasteiger partial charge in [0, 0.05) is 43.4 Å². The van der Waals surface area contributed by atoms with Crippen LogP contribution in [0.25, 0.3) is 51.4 Å². The van der Waals surface area contributed by atoms with E-state index in [9.17, 15) is 9.59 Å². The number of rotatable bonds is 36. The number of thiophene rings is 4. The molecule has 8 rings (SSSR count). The third kappa shape index (κ3) is 15.7. The van der Waals surface area contributed by atoms with Crippen LogP contribution in [0.1, 0.15) is 232 Å². The van der Waals surface area contributed by atoms with Crippen molar-refractivity contribution >= 4 is 67.9 Å². The van der Waals surface area contributed by atoms with Gasteiger partial charge < -0.3 is 14.2 Å². The average molecular weight is 1130 g/mol. The molecule has 0 bridgehead atoms. The Bertz CT molecular complexity index is 2820. The van der Waals surface area contributed by atoms with Crippen LogP contribution in [0.2, 0.25) is 0 Å². The first kappa shape index (κ1) is 60.2. The Balaban J connectivity index is 1.03. The van der Waals surface area contributed by atoms with Crippen LogP contribution < -0.4 is 9.47 Å². The van der Waals surface area contributed by atoms with Crippen LogP contribution in [0.15, 0.2) is 48.5 Å². The van der Waals surface area contributed by atoms with E-state index < -0.39 is 0 Å². The standard InChI is InChI=1S/C66H91N3O5S4/c1-7-11-14-17-20-22-23-25-28-31-40-72-44-66(10-4)45-73-60-61(74-46-66)63(78-62(60)56-37-35-48(6)76-56)57-39-38-55(77-57)59-51-42-53-52(41-50(51)58(67-68-59)54-36-34-47(5)75-54)64(70)69(65(53)71)43-49(32-29-26-19-16-13-9-3)33-30-27-24-21-18-15-12-8-2/h34-39,41-42,49H,7-33,40,43-46H2,1-6H3. The Labute approximate surface area is 484 Å². The number of imide groups is 1. The molecule has 0 spiro atoms. The summed E-state index contributed by atoms with van der Waals surface area (Å²) in [6, 6.07) is 16.8. The molecule has 0 radical (unpaired) electrons. The Morgan fingerprint density at radius 1 is 0.526 bits per heavy atom. The fraction of sp³-hybridized carbons (Fsp3) is 0.606. The summed E-state index contributed by atoms with van der Waals surface area (Å²) in [5.74, 6) is 1.52. The van der Waals surface area contributed by atoms with Gasteiger partial charge in [-0.15, -0.1) is 55.5 Å². The van der Waals surface area contributed by atoms with E-state index in [1.165, 1.54) is 149 Å². The molecule has 1 aromatic carbocycles. The molecule has 0 N–H and O–H groups in total. The summed E-state index contributed by atoms with van der Waals surface area (Å²) in [7, 11) is 0. The lowest BCUT2D eigenvalue weighted by Crippen LogP contribution is -2.37. The van der Waals surface area contributed by atoms with E-state index >= 15 is 0 Å². The molecule has 2 amide bonds. The molecule has 7 heterocycles. The van der Waals surface area contributed by atoms with Crippen LogP contribution in [0.5, 0.6) is 11.5 Å². The van der Waals surface area contributed by atoms with Crippen LogP contribution in [-0.2, 0) is 4.74 Å². The SMILES string of the molecule is CCCCCCCCCCCCOCC1(CC)COc2c(-c3ccc(C)s3)sc(-c3ccc(-c4nnc(-c5ccc(C)s5)c5cc6c(cc45)C(=O)N(CC(CCCCCCCC)CCCCCCCCCC)C6=O)s3)c2OC1. The molecule has 8 nitrogen and oxygen atoms in total. The Morgan fingerprint density at radius 3 is 1.40 bits per heavy atom. The van der Waals surface area contributed by atoms with Gasteiger partial charge in [-0.1, -0.05) is 175 Å². The molecule has 2 atom stereocenters. The van der Waals surface area contributed by atoms with Gasteiger partial charge in [0.05, 0.1) is 55.9 Å². The minimum atomic E-state index is -0.274. The van der Waals surface area contributed by atoms with Gasteiger partial charge in [0.2, 0.25) is 0 Å². The first-order valence-corrected chi connectivity index (χ1v) is 33.9. The molecule has 78 heavy (non-hydrogen) atoms. The van der Waals surface area contributed by atoms with Gasteiger partial charge in [0.1, 0.15) is 11.4 Å². The fourth-order valence-corrected chi connectivity index (χ4v) is 15.5. The van der Waals surface area contributed by atoms with Gasteiger partial charge in [-0.2, -0.15) is 0 Å². The quantitative estimate of drug-likeness (QED) is 0.0286. The van der Waals surface area contributed by atoms with Crippen molar-refractivity contribution in [3.8, 4) is 52.1 Å². The van der Waals surface area contributed by atoms with Crippen molar-refractivity contribution in [3.63, 3.8) is 0 Å². The second-order valence-corrected chi connectivity index (χ2v) is 27.5. The molecule has 5 aromatic heterocycles. The van der Waals surface area contributed by atoms with Crippen LogP contribution in [0.3, 0.4) is 0 Å². The first-order chi connectivity index (χ1) is 38.2. The van der Waals surface area contributed by atoms with Gasteiger partial charge in [-0.05, 0) is 94.0 Å². The number of unbranched alkanes of at least 4 members (excludes halogenated alkanes) is 21. The zero-order chi connectivity index (χ0) is 54.7. The van der Waals surface area contributed by atoms with Gasteiger partial charge >= 0.3 is 0 Å². The number of fused-ring (bicyclic) bond motifs is 3. The largest absolute Gasteiger partial charge is 0.487 e. The molecule has 12 heteroatoms. The maximum atomic E-state index is 14.7. The van der Waals surface area contributed by atoms with E-state index in [4.69, 9.17) is 24.4 Å². The summed E-state index contributed by atoms with van der Waals surface area (Å²) < 4.78 is 20.3. The van der Waals surface area contributed by atoms with Gasteiger partial charge in [0.25, 0.3) is 11.8 Å². The van der Waals surface area contributed by atoms with E-state index in [-0.39, 0.29) is 23.1 Å². The summed E-state index contributed by atoms with van der Waals surface area (Å²) in [5.41, 5.74) is 2.10. The zero-order valence-corrected chi connectivity index (χ0v) is 51.6. The predicted molar refractivity (Wildman–Crippen MR) is 333 cm³/mol. The Kier molecular flexibility index (Phi) is 23.7. The molecule has 2 aliphatic rings. The highest BCUT2D eigenvalue weighted by molar-refractivity contribution is 7.28. The summed E-state index contributed by atoms with van der Waals surface area (Å²) in [4.78, 5) is 39.5. The minimum Gasteiger partial charge on any atom is -0.487 e. The van der Waals surface area contributed by atoms with E-state index in [2.05, 4.69) is 77.9 Å². The van der Waals surface area contributed by atoms with Crippen molar-refractivity contribution in [3.05, 3.63) is 69.4 Å². The number of carbonyl (C=O) groups excluding carboxylic acids is 2. The summed E-state index contributed by atoms with van der Waals surface area (Å²) >= 11 is 6.82. The number of amides is 2. The van der Waals surface area contributed by atoms with Gasteiger partial charge in [-0.3, -0.25) is 14.5 Å². The third-order valence-corrected chi connectivity index (χ3v) is 21.0. The topological polar surface area (TPSA) is 90.9 Å². The molecule has 0 saturated carbocycles. The minimum absolute atomic E-state index is 0.184. The van der Waals surface area contributed by atoms with E-state index in [1.807, 2.05) is 12.1 Å². The summed E-state index contributed by atoms with van der Waals surface area (Å²) in [6.07, 6.45) is 33.6. The maximum absolute atomic E-state index is 14.7. The number of aromatic nitrogens is 2. The van der Waals surface area contributed by atoms with Crippen molar-refractivity contribution in [2.24, 2.45) is 11.3 Å². The Hall–Kier alpha value is -3.94. The molecule has 424 valence electrons. The number of benzene rings is 1. The predicted octanol–water partition coefficient (Wildman–Crippen LogP) is 20.8. The molecular formula is C66H91N3O5S4. The van der Waals surface area contributed by atoms with E-state index in [0.717, 1.165) is 97.5 Å². The van der Waals surface area contributed by atoms with E-state index in [0.29, 0.717) is 43.2 Å². The van der Waals surface area contributed by atoms with E-state index in [1.54, 1.807) is 50.2 Å². The maximum Gasteiger partial charge on any atom is 0.261 e. The number of aryl methyl sites for hydroxylation is 2. The van der Waals surface area contributed by atoms with Gasteiger partial charge in [0.15, 0.2) is 11.5 Å². The lowest BCUT2D eigenvalue weighted by Gasteiger charge is -2.29. The fourth-order valence-electron chi connectivity index (χ4n) is 11.4. The number of nitrogens with zero attached hydrogens (tertiary/aromatic N) is 3. The van der Waals surface area contributed by atoms with Crippen molar-refractivity contribution in [1.29, 1.82) is 0 Å². The smallest absolute Gasteiger partial charge is 0.261 e. The molecule has 6 aromatic rings. The highest BCUT2D eigenvalue weighted by Gasteiger charge is 2.40. The van der Waals surface area contributed by atoms with Crippen LogP contribution in [0, 0.1) is 25.2 Å². The molecule has 0 saturated heterocycles. The summed E-state index contributed by atoms with van der Waals surface area (Å²) in [5, 5.41) is 11.6. The summed E-state index contributed by atoms with van der Waals surface area (Å²) in [6.45, 7) is 16.2. The van der Waals surface area contributed by atoms with Crippen LogP contribution >= 0.6 is 45.3 Å². The Morgan fingerprint density at radius 2 is 0.936 bits per heavy atom. The molecular weight excluding hydrogens is 1040 g/mol. The van der Waals surface area contributed by atoms with Crippen LogP contribution in [-0.4, -0.2) is 59.9 Å². The monoisotopic (exact) mass is 1130 g/mol. The lowest BCUT2D eigenvalue weighted by atomic mass is 9.88. The number of hydrogen-bond acceptors (Lipinski definition) is 11. The first-order valence-electron chi connectivity index (χ1n) is 30.6. The third-order valence-electron chi connectivity index (χ3n) is 16.4. The van der Waals surface area contributed by atoms with Gasteiger partial charge in [-0.25, -0.2) is 0 Å². The molecule has 2 aliphatic heterocycles. The number of ether oxygens (including phenoxy) is 3. The van der Waals surface area contributed by atoms with Crippen LogP contribution in [0.4, 0.5) is 0 Å². The average Bonchev–Trinajstić information content (AvgIpc) is 4.48. The normalized spacial score (nSPS) is 15.7. The number of carbonyl (C=O) groups is 2. The molecule has 0 fully saturated rings. The van der Waals surface area contributed by atoms with Crippen molar-refractivity contribution in [1.82, 2.24) is 15.1 Å². The van der Waals surface area contributed by atoms with Crippen molar-refractivity contribution in [2.45, 2.75) is 215 Å². The second-order valence-electron chi connectivity index (χ2n) is 22.8. The lowest BCUT2D eigenvalue weighted by molar-refractivity contribution is -0.00812. The van der Waals surface area contributed by atoms with Crippen molar-refractivity contribution < 1.29 is 23.8 Å². The second kappa shape index (κ2) is 30.8. The molecule has 2 unspecified atom stereocenters. The number of hydrogen-bond donors (Lipinski definition) is 0. The highest BCUT2D eigenvalue weighted by atomic mass is 32.1.